The standard InChI is InChI=1S/C23H24ClN3O2S2/c1-13-4-7-16-18(10-13)31-21-20(16)22(29)27(15-6-5-14(2)17(24)11-15)23(25-21)30-12-19(28)26-8-3-9-26/h5-6,11,13H,3-4,7-10,12H2,1-2H3/t13-/m1/s1. The van der Waals surface area contributed by atoms with Crippen molar-refractivity contribution in [3.8, 4) is 5.69 Å². The van der Waals surface area contributed by atoms with Crippen LogP contribution in [-0.2, 0) is 17.6 Å². The number of thioether (sulfide) groups is 1. The van der Waals surface area contributed by atoms with Crippen molar-refractivity contribution < 1.29 is 4.79 Å². The molecule has 2 aromatic heterocycles. The first-order valence-corrected chi connectivity index (χ1v) is 12.8. The SMILES string of the molecule is Cc1ccc(-n2c(SCC(=O)N3CCC3)nc3sc4c(c3c2=O)CC[C@@H](C)C4)cc1Cl. The summed E-state index contributed by atoms with van der Waals surface area (Å²) in [6, 6.07) is 5.63. The van der Waals surface area contributed by atoms with Gasteiger partial charge in [-0.1, -0.05) is 36.4 Å². The van der Waals surface area contributed by atoms with Gasteiger partial charge in [0.25, 0.3) is 5.56 Å². The number of rotatable bonds is 4. The highest BCUT2D eigenvalue weighted by atomic mass is 35.5. The van der Waals surface area contributed by atoms with Gasteiger partial charge in [-0.2, -0.15) is 0 Å². The van der Waals surface area contributed by atoms with Gasteiger partial charge in [0, 0.05) is 23.0 Å². The van der Waals surface area contributed by atoms with Crippen molar-refractivity contribution in [1.82, 2.24) is 14.5 Å². The molecule has 0 saturated carbocycles. The van der Waals surface area contributed by atoms with Gasteiger partial charge in [-0.05, 0) is 61.8 Å². The number of benzene rings is 1. The molecule has 31 heavy (non-hydrogen) atoms. The molecule has 162 valence electrons. The summed E-state index contributed by atoms with van der Waals surface area (Å²) in [6.07, 6.45) is 4.08. The number of halogens is 1. The highest BCUT2D eigenvalue weighted by Crippen LogP contribution is 2.37. The van der Waals surface area contributed by atoms with Gasteiger partial charge < -0.3 is 4.90 Å². The van der Waals surface area contributed by atoms with Gasteiger partial charge in [-0.15, -0.1) is 11.3 Å². The van der Waals surface area contributed by atoms with E-state index < -0.39 is 0 Å². The van der Waals surface area contributed by atoms with E-state index >= 15 is 0 Å². The van der Waals surface area contributed by atoms with Gasteiger partial charge in [0.1, 0.15) is 4.83 Å². The van der Waals surface area contributed by atoms with Crippen LogP contribution in [0.2, 0.25) is 5.02 Å². The normalized spacial score (nSPS) is 18.2. The van der Waals surface area contributed by atoms with Crippen LogP contribution in [0.3, 0.4) is 0 Å². The summed E-state index contributed by atoms with van der Waals surface area (Å²) in [6.45, 7) is 5.84. The number of aromatic nitrogens is 2. The second-order valence-corrected chi connectivity index (χ2v) is 11.0. The van der Waals surface area contributed by atoms with E-state index in [4.69, 9.17) is 16.6 Å². The number of hydrogen-bond acceptors (Lipinski definition) is 5. The summed E-state index contributed by atoms with van der Waals surface area (Å²) in [5.41, 5.74) is 2.75. The highest BCUT2D eigenvalue weighted by molar-refractivity contribution is 7.99. The average molecular weight is 474 g/mol. The molecule has 1 aliphatic carbocycles. The fourth-order valence-electron chi connectivity index (χ4n) is 4.20. The van der Waals surface area contributed by atoms with Gasteiger partial charge in [0.15, 0.2) is 5.16 Å². The zero-order valence-corrected chi connectivity index (χ0v) is 20.0. The molecule has 0 radical (unpaired) electrons. The predicted molar refractivity (Wildman–Crippen MR) is 128 cm³/mol. The number of aryl methyl sites for hydroxylation is 2. The molecule has 1 fully saturated rings. The first-order chi connectivity index (χ1) is 14.9. The molecule has 1 saturated heterocycles. The molecule has 1 aromatic carbocycles. The molecule has 5 rings (SSSR count). The molecular formula is C23H24ClN3O2S2. The van der Waals surface area contributed by atoms with Crippen LogP contribution in [0, 0.1) is 12.8 Å². The summed E-state index contributed by atoms with van der Waals surface area (Å²) in [5.74, 6) is 1.000. The zero-order valence-electron chi connectivity index (χ0n) is 17.6. The molecule has 3 heterocycles. The van der Waals surface area contributed by atoms with E-state index in [0.717, 1.165) is 60.1 Å². The smallest absolute Gasteiger partial charge is 0.267 e. The van der Waals surface area contributed by atoms with Gasteiger partial charge in [0.2, 0.25) is 5.91 Å². The number of fused-ring (bicyclic) bond motifs is 3. The summed E-state index contributed by atoms with van der Waals surface area (Å²) in [5, 5.41) is 1.90. The Hall–Kier alpha value is -1.83. The third-order valence-electron chi connectivity index (χ3n) is 6.25. The maximum Gasteiger partial charge on any atom is 0.267 e. The van der Waals surface area contributed by atoms with Crippen LogP contribution >= 0.6 is 34.7 Å². The fourth-order valence-corrected chi connectivity index (χ4v) is 6.71. The Morgan fingerprint density at radius 1 is 1.35 bits per heavy atom. The van der Waals surface area contributed by atoms with E-state index in [0.29, 0.717) is 21.8 Å². The lowest BCUT2D eigenvalue weighted by Crippen LogP contribution is -2.43. The minimum Gasteiger partial charge on any atom is -0.342 e. The van der Waals surface area contributed by atoms with E-state index in [9.17, 15) is 9.59 Å². The molecular weight excluding hydrogens is 450 g/mol. The van der Waals surface area contributed by atoms with Crippen LogP contribution < -0.4 is 5.56 Å². The predicted octanol–water partition coefficient (Wildman–Crippen LogP) is 4.86. The summed E-state index contributed by atoms with van der Waals surface area (Å²) in [4.78, 5) is 35.1. The quantitative estimate of drug-likeness (QED) is 0.401. The molecule has 5 nitrogen and oxygen atoms in total. The Balaban J connectivity index is 1.64. The van der Waals surface area contributed by atoms with E-state index in [1.165, 1.54) is 16.6 Å². The van der Waals surface area contributed by atoms with E-state index in [2.05, 4.69) is 6.92 Å². The topological polar surface area (TPSA) is 55.2 Å². The highest BCUT2D eigenvalue weighted by Gasteiger charge is 2.26. The number of carbonyl (C=O) groups excluding carboxylic acids is 1. The lowest BCUT2D eigenvalue weighted by Gasteiger charge is -2.30. The second kappa shape index (κ2) is 8.26. The van der Waals surface area contributed by atoms with Crippen molar-refractivity contribution in [2.45, 2.75) is 44.7 Å². The first kappa shape index (κ1) is 21.0. The Bertz CT molecular complexity index is 1250. The maximum atomic E-state index is 13.8. The number of nitrogens with zero attached hydrogens (tertiary/aromatic N) is 3. The number of hydrogen-bond donors (Lipinski definition) is 0. The Kier molecular flexibility index (Phi) is 5.61. The minimum atomic E-state index is -0.0594. The molecule has 0 spiro atoms. The van der Waals surface area contributed by atoms with E-state index in [1.54, 1.807) is 15.9 Å². The van der Waals surface area contributed by atoms with Crippen molar-refractivity contribution in [2.24, 2.45) is 5.92 Å². The van der Waals surface area contributed by atoms with Gasteiger partial charge in [-0.25, -0.2) is 4.98 Å². The average Bonchev–Trinajstić information content (AvgIpc) is 3.05. The Morgan fingerprint density at radius 2 is 2.16 bits per heavy atom. The molecule has 3 aromatic rings. The molecule has 1 atom stereocenters. The Labute approximate surface area is 194 Å². The van der Waals surface area contributed by atoms with Crippen molar-refractivity contribution in [1.29, 1.82) is 0 Å². The summed E-state index contributed by atoms with van der Waals surface area (Å²) >= 11 is 9.37. The van der Waals surface area contributed by atoms with Crippen LogP contribution in [0.4, 0.5) is 0 Å². The fraction of sp³-hybridized carbons (Fsp3) is 0.435. The van der Waals surface area contributed by atoms with Crippen molar-refractivity contribution >= 4 is 50.8 Å². The molecule has 2 aliphatic rings. The minimum absolute atomic E-state index is 0.0594. The molecule has 8 heteroatoms. The van der Waals surface area contributed by atoms with E-state index in [1.807, 2.05) is 30.0 Å². The molecule has 0 unspecified atom stereocenters. The first-order valence-electron chi connectivity index (χ1n) is 10.7. The van der Waals surface area contributed by atoms with Crippen LogP contribution in [0.15, 0.2) is 28.2 Å². The van der Waals surface area contributed by atoms with E-state index in [-0.39, 0.29) is 17.2 Å². The number of carbonyl (C=O) groups is 1. The third-order valence-corrected chi connectivity index (χ3v) is 8.72. The maximum absolute atomic E-state index is 13.8. The summed E-state index contributed by atoms with van der Waals surface area (Å²) < 4.78 is 1.65. The number of amides is 1. The monoisotopic (exact) mass is 473 g/mol. The molecule has 0 bridgehead atoms. The van der Waals surface area contributed by atoms with Gasteiger partial charge >= 0.3 is 0 Å². The van der Waals surface area contributed by atoms with Crippen LogP contribution in [0.5, 0.6) is 0 Å². The van der Waals surface area contributed by atoms with Crippen LogP contribution in [0.1, 0.15) is 35.8 Å². The van der Waals surface area contributed by atoms with Crippen molar-refractivity contribution in [2.75, 3.05) is 18.8 Å². The van der Waals surface area contributed by atoms with Crippen molar-refractivity contribution in [3.05, 3.63) is 49.6 Å². The summed E-state index contributed by atoms with van der Waals surface area (Å²) in [7, 11) is 0. The molecule has 1 aliphatic heterocycles. The molecule has 0 N–H and O–H groups in total. The number of thiophene rings is 1. The van der Waals surface area contributed by atoms with Gasteiger partial charge in [-0.3, -0.25) is 14.2 Å². The Morgan fingerprint density at radius 3 is 2.87 bits per heavy atom. The lowest BCUT2D eigenvalue weighted by atomic mass is 9.89. The largest absolute Gasteiger partial charge is 0.342 e. The second-order valence-electron chi connectivity index (χ2n) is 8.52. The van der Waals surface area contributed by atoms with Crippen LogP contribution in [-0.4, -0.2) is 39.2 Å². The van der Waals surface area contributed by atoms with Gasteiger partial charge in [0.05, 0.1) is 16.8 Å². The lowest BCUT2D eigenvalue weighted by molar-refractivity contribution is -0.131. The van der Waals surface area contributed by atoms with Crippen molar-refractivity contribution in [3.63, 3.8) is 0 Å². The molecule has 1 amide bonds. The number of likely N-dealkylation sites (tertiary alicyclic amines) is 1. The van der Waals surface area contributed by atoms with Crippen LogP contribution in [0.25, 0.3) is 15.9 Å². The third kappa shape index (κ3) is 3.81. The zero-order chi connectivity index (χ0) is 21.7.